The molecule has 0 aromatic carbocycles. The third-order valence-electron chi connectivity index (χ3n) is 4.23. The van der Waals surface area contributed by atoms with E-state index in [-0.39, 0.29) is 6.10 Å². The van der Waals surface area contributed by atoms with Gasteiger partial charge in [0.05, 0.1) is 6.10 Å². The van der Waals surface area contributed by atoms with E-state index in [9.17, 15) is 5.11 Å². The van der Waals surface area contributed by atoms with Crippen molar-refractivity contribution < 1.29 is 10.2 Å². The molecule has 0 aliphatic heterocycles. The highest BCUT2D eigenvalue weighted by molar-refractivity contribution is 4.91. The van der Waals surface area contributed by atoms with Crippen molar-refractivity contribution in [2.75, 3.05) is 6.61 Å². The van der Waals surface area contributed by atoms with Gasteiger partial charge in [0, 0.05) is 6.61 Å². The number of allylic oxidation sites excluding steroid dienone is 2. The topological polar surface area (TPSA) is 40.5 Å². The van der Waals surface area contributed by atoms with E-state index in [1.54, 1.807) is 0 Å². The van der Waals surface area contributed by atoms with E-state index in [2.05, 4.69) is 19.1 Å². The third kappa shape index (κ3) is 5.53. The minimum atomic E-state index is -0.0750. The second-order valence-corrected chi connectivity index (χ2v) is 5.61. The molecule has 0 amide bonds. The highest BCUT2D eigenvalue weighted by Gasteiger charge is 2.33. The van der Waals surface area contributed by atoms with Crippen molar-refractivity contribution >= 4 is 0 Å². The summed E-state index contributed by atoms with van der Waals surface area (Å²) < 4.78 is 0. The van der Waals surface area contributed by atoms with Gasteiger partial charge in [0.25, 0.3) is 0 Å². The molecule has 0 aromatic rings. The predicted octanol–water partition coefficient (Wildman–Crippen LogP) is 3.67. The Labute approximate surface area is 112 Å². The maximum absolute atomic E-state index is 10.0. The van der Waals surface area contributed by atoms with Crippen molar-refractivity contribution in [1.82, 2.24) is 0 Å². The van der Waals surface area contributed by atoms with Crippen LogP contribution >= 0.6 is 0 Å². The molecule has 0 spiro atoms. The van der Waals surface area contributed by atoms with Crippen LogP contribution in [0.25, 0.3) is 0 Å². The standard InChI is InChI=1S/C16H30O2/c1-2-3-6-10-15-14(11-12-16(15)18)9-7-4-5-8-13-17/h3,6,14-18H,2,4-5,7-13H2,1H3/t14-,15-,16+/m0/s1. The Morgan fingerprint density at radius 1 is 1.06 bits per heavy atom. The molecule has 0 radical (unpaired) electrons. The average Bonchev–Trinajstić information content (AvgIpc) is 2.71. The van der Waals surface area contributed by atoms with Gasteiger partial charge in [-0.1, -0.05) is 44.8 Å². The van der Waals surface area contributed by atoms with E-state index in [0.29, 0.717) is 12.5 Å². The molecule has 0 unspecified atom stereocenters. The minimum absolute atomic E-state index is 0.0750. The van der Waals surface area contributed by atoms with Gasteiger partial charge in [0.1, 0.15) is 0 Å². The van der Waals surface area contributed by atoms with Crippen LogP contribution in [-0.4, -0.2) is 22.9 Å². The first-order valence-electron chi connectivity index (χ1n) is 7.73. The summed E-state index contributed by atoms with van der Waals surface area (Å²) in [5.74, 6) is 1.21. The summed E-state index contributed by atoms with van der Waals surface area (Å²) in [6.45, 7) is 2.48. The third-order valence-corrected chi connectivity index (χ3v) is 4.23. The van der Waals surface area contributed by atoms with Gasteiger partial charge in [-0.2, -0.15) is 0 Å². The quantitative estimate of drug-likeness (QED) is 0.487. The summed E-state index contributed by atoms with van der Waals surface area (Å²) in [5.41, 5.74) is 0. The van der Waals surface area contributed by atoms with Gasteiger partial charge in [-0.3, -0.25) is 0 Å². The normalized spacial score (nSPS) is 28.3. The van der Waals surface area contributed by atoms with Gasteiger partial charge in [-0.05, 0) is 43.9 Å². The monoisotopic (exact) mass is 254 g/mol. The molecule has 1 saturated carbocycles. The molecule has 0 saturated heterocycles. The zero-order valence-electron chi connectivity index (χ0n) is 11.9. The first-order chi connectivity index (χ1) is 8.79. The Morgan fingerprint density at radius 2 is 1.83 bits per heavy atom. The molecule has 3 atom stereocenters. The van der Waals surface area contributed by atoms with Gasteiger partial charge in [0.15, 0.2) is 0 Å². The molecule has 0 heterocycles. The van der Waals surface area contributed by atoms with Crippen molar-refractivity contribution in [2.45, 2.75) is 70.8 Å². The van der Waals surface area contributed by atoms with E-state index < -0.39 is 0 Å². The minimum Gasteiger partial charge on any atom is -0.396 e. The maximum atomic E-state index is 10.0. The Hall–Kier alpha value is -0.340. The second-order valence-electron chi connectivity index (χ2n) is 5.61. The maximum Gasteiger partial charge on any atom is 0.0574 e. The largest absolute Gasteiger partial charge is 0.396 e. The van der Waals surface area contributed by atoms with Gasteiger partial charge >= 0.3 is 0 Å². The smallest absolute Gasteiger partial charge is 0.0574 e. The summed E-state index contributed by atoms with van der Waals surface area (Å²) in [6, 6.07) is 0. The number of hydrogen-bond acceptors (Lipinski definition) is 2. The van der Waals surface area contributed by atoms with Crippen molar-refractivity contribution in [1.29, 1.82) is 0 Å². The van der Waals surface area contributed by atoms with E-state index in [1.807, 2.05) is 0 Å². The summed E-state index contributed by atoms with van der Waals surface area (Å²) in [7, 11) is 0. The van der Waals surface area contributed by atoms with Crippen LogP contribution in [0.3, 0.4) is 0 Å². The first-order valence-corrected chi connectivity index (χ1v) is 7.73. The van der Waals surface area contributed by atoms with Crippen LogP contribution in [0.1, 0.15) is 64.7 Å². The fraction of sp³-hybridized carbons (Fsp3) is 0.875. The number of hydrogen-bond donors (Lipinski definition) is 2. The summed E-state index contributed by atoms with van der Waals surface area (Å²) in [5, 5.41) is 18.8. The highest BCUT2D eigenvalue weighted by Crippen LogP contribution is 2.38. The molecule has 1 fully saturated rings. The number of unbranched alkanes of at least 4 members (excludes halogenated alkanes) is 3. The van der Waals surface area contributed by atoms with Crippen molar-refractivity contribution in [3.63, 3.8) is 0 Å². The fourth-order valence-electron chi connectivity index (χ4n) is 3.13. The van der Waals surface area contributed by atoms with Crippen LogP contribution in [0.2, 0.25) is 0 Å². The average molecular weight is 254 g/mol. The number of aliphatic hydroxyl groups excluding tert-OH is 2. The molecule has 2 nitrogen and oxygen atoms in total. The van der Waals surface area contributed by atoms with Crippen LogP contribution in [-0.2, 0) is 0 Å². The molecule has 18 heavy (non-hydrogen) atoms. The molecule has 1 aliphatic rings. The molecular weight excluding hydrogens is 224 g/mol. The van der Waals surface area contributed by atoms with Crippen molar-refractivity contribution in [3.05, 3.63) is 12.2 Å². The molecule has 0 bridgehead atoms. The van der Waals surface area contributed by atoms with Gasteiger partial charge in [-0.25, -0.2) is 0 Å². The Morgan fingerprint density at radius 3 is 2.56 bits per heavy atom. The van der Waals surface area contributed by atoms with Gasteiger partial charge in [-0.15, -0.1) is 0 Å². The second kappa shape index (κ2) is 9.57. The van der Waals surface area contributed by atoms with Crippen LogP contribution in [0, 0.1) is 11.8 Å². The molecule has 2 N–H and O–H groups in total. The Kier molecular flexibility index (Phi) is 8.36. The van der Waals surface area contributed by atoms with Crippen LogP contribution in [0.5, 0.6) is 0 Å². The van der Waals surface area contributed by atoms with Crippen LogP contribution < -0.4 is 0 Å². The lowest BCUT2D eigenvalue weighted by Gasteiger charge is -2.20. The zero-order chi connectivity index (χ0) is 13.2. The SMILES string of the molecule is CCC=CC[C@H]1[C@@H](CCCCCCO)CC[C@H]1O. The first kappa shape index (κ1) is 15.7. The van der Waals surface area contributed by atoms with E-state index in [1.165, 1.54) is 25.7 Å². The zero-order valence-corrected chi connectivity index (χ0v) is 11.9. The molecule has 106 valence electrons. The number of rotatable bonds is 9. The van der Waals surface area contributed by atoms with Crippen molar-refractivity contribution in [2.24, 2.45) is 11.8 Å². The molecule has 1 aliphatic carbocycles. The van der Waals surface area contributed by atoms with E-state index >= 15 is 0 Å². The number of aliphatic hydroxyl groups is 2. The van der Waals surface area contributed by atoms with E-state index in [4.69, 9.17) is 5.11 Å². The van der Waals surface area contributed by atoms with Crippen molar-refractivity contribution in [3.8, 4) is 0 Å². The Balaban J connectivity index is 2.23. The highest BCUT2D eigenvalue weighted by atomic mass is 16.3. The lowest BCUT2D eigenvalue weighted by Crippen LogP contribution is -2.18. The summed E-state index contributed by atoms with van der Waals surface area (Å²) >= 11 is 0. The van der Waals surface area contributed by atoms with Crippen LogP contribution in [0.4, 0.5) is 0 Å². The van der Waals surface area contributed by atoms with Gasteiger partial charge < -0.3 is 10.2 Å². The lowest BCUT2D eigenvalue weighted by atomic mass is 9.87. The van der Waals surface area contributed by atoms with Crippen LogP contribution in [0.15, 0.2) is 12.2 Å². The van der Waals surface area contributed by atoms with Gasteiger partial charge in [0.2, 0.25) is 0 Å². The van der Waals surface area contributed by atoms with E-state index in [0.717, 1.165) is 38.0 Å². The fourth-order valence-corrected chi connectivity index (χ4v) is 3.13. The predicted molar refractivity (Wildman–Crippen MR) is 76.4 cm³/mol. The molecule has 0 aromatic heterocycles. The summed E-state index contributed by atoms with van der Waals surface area (Å²) in [4.78, 5) is 0. The lowest BCUT2D eigenvalue weighted by molar-refractivity contribution is 0.116. The summed E-state index contributed by atoms with van der Waals surface area (Å²) in [6.07, 6.45) is 14.5. The molecule has 1 rings (SSSR count). The Bertz CT molecular complexity index is 225. The molecular formula is C16H30O2. The molecule has 2 heteroatoms.